The van der Waals surface area contributed by atoms with Gasteiger partial charge in [0.25, 0.3) is 0 Å². The molecule has 1 aromatic carbocycles. The van der Waals surface area contributed by atoms with Gasteiger partial charge in [-0.2, -0.15) is 0 Å². The third-order valence-electron chi connectivity index (χ3n) is 3.45. The maximum absolute atomic E-state index is 5.84. The first-order valence-electron chi connectivity index (χ1n) is 8.21. The highest BCUT2D eigenvalue weighted by atomic mass is 32.2. The zero-order valence-electron chi connectivity index (χ0n) is 15.3. The fourth-order valence-corrected chi connectivity index (χ4v) is 4.02. The number of fused-ring (bicyclic) bond motifs is 1. The predicted octanol–water partition coefficient (Wildman–Crippen LogP) is 2.99. The van der Waals surface area contributed by atoms with E-state index in [0.717, 1.165) is 25.3 Å². The third kappa shape index (κ3) is 5.25. The van der Waals surface area contributed by atoms with Gasteiger partial charge in [0.15, 0.2) is 15.8 Å². The Kier molecular flexibility index (Phi) is 7.16. The SMILES string of the molecule is COCCOc1cc2ncnc(Sc3nnc(C)s3)c2cc1OCCOC. The number of benzene rings is 1. The van der Waals surface area contributed by atoms with E-state index in [0.29, 0.717) is 37.9 Å². The Morgan fingerprint density at radius 3 is 2.26 bits per heavy atom. The Morgan fingerprint density at radius 1 is 0.926 bits per heavy atom. The Labute approximate surface area is 165 Å². The van der Waals surface area contributed by atoms with Crippen molar-refractivity contribution >= 4 is 34.0 Å². The zero-order valence-corrected chi connectivity index (χ0v) is 16.9. The van der Waals surface area contributed by atoms with Crippen LogP contribution in [0.3, 0.4) is 0 Å². The van der Waals surface area contributed by atoms with Crippen LogP contribution in [0.5, 0.6) is 11.5 Å². The molecule has 0 fully saturated rings. The molecular formula is C17H20N4O4S2. The van der Waals surface area contributed by atoms with Crippen LogP contribution in [0.25, 0.3) is 10.9 Å². The summed E-state index contributed by atoms with van der Waals surface area (Å²) in [5, 5.41) is 10.8. The summed E-state index contributed by atoms with van der Waals surface area (Å²) in [4.78, 5) is 8.77. The van der Waals surface area contributed by atoms with Gasteiger partial charge in [-0.15, -0.1) is 10.2 Å². The van der Waals surface area contributed by atoms with E-state index < -0.39 is 0 Å². The lowest BCUT2D eigenvalue weighted by Crippen LogP contribution is -2.08. The van der Waals surface area contributed by atoms with Crippen molar-refractivity contribution in [2.45, 2.75) is 16.3 Å². The minimum atomic E-state index is 0.411. The Bertz CT molecular complexity index is 890. The molecule has 2 aromatic heterocycles. The number of rotatable bonds is 10. The molecule has 8 nitrogen and oxygen atoms in total. The summed E-state index contributed by atoms with van der Waals surface area (Å²) in [6.07, 6.45) is 1.53. The van der Waals surface area contributed by atoms with Crippen molar-refractivity contribution in [3.63, 3.8) is 0 Å². The maximum Gasteiger partial charge on any atom is 0.180 e. The van der Waals surface area contributed by atoms with Crippen molar-refractivity contribution in [1.82, 2.24) is 20.2 Å². The molecule has 0 aliphatic rings. The summed E-state index contributed by atoms with van der Waals surface area (Å²) < 4.78 is 22.6. The molecule has 0 saturated carbocycles. The topological polar surface area (TPSA) is 88.5 Å². The summed E-state index contributed by atoms with van der Waals surface area (Å²) in [5.74, 6) is 1.22. The highest BCUT2D eigenvalue weighted by molar-refractivity contribution is 8.01. The first-order chi connectivity index (χ1) is 13.2. The van der Waals surface area contributed by atoms with E-state index in [1.54, 1.807) is 14.2 Å². The Morgan fingerprint density at radius 2 is 1.63 bits per heavy atom. The van der Waals surface area contributed by atoms with Gasteiger partial charge in [-0.3, -0.25) is 0 Å². The first kappa shape index (κ1) is 19.7. The number of ether oxygens (including phenoxy) is 4. The number of aromatic nitrogens is 4. The van der Waals surface area contributed by atoms with Crippen LogP contribution in [0.4, 0.5) is 0 Å². The number of hydrogen-bond acceptors (Lipinski definition) is 10. The van der Waals surface area contributed by atoms with Gasteiger partial charge < -0.3 is 18.9 Å². The molecule has 0 spiro atoms. The summed E-state index contributed by atoms with van der Waals surface area (Å²) in [6, 6.07) is 3.74. The largest absolute Gasteiger partial charge is 0.487 e. The van der Waals surface area contributed by atoms with Crippen molar-refractivity contribution in [3.8, 4) is 11.5 Å². The standard InChI is InChI=1S/C17H20N4O4S2/c1-11-20-21-17(26-11)27-16-12-8-14(24-6-4-22-2)15(25-7-5-23-3)9-13(12)18-10-19-16/h8-10H,4-7H2,1-3H3. The van der Waals surface area contributed by atoms with Crippen LogP contribution in [0, 0.1) is 6.92 Å². The second-order valence-corrected chi connectivity index (χ2v) is 7.78. The lowest BCUT2D eigenvalue weighted by Gasteiger charge is -2.14. The minimum Gasteiger partial charge on any atom is -0.487 e. The monoisotopic (exact) mass is 408 g/mol. The molecule has 0 unspecified atom stereocenters. The molecule has 2 heterocycles. The summed E-state index contributed by atoms with van der Waals surface area (Å²) in [6.45, 7) is 3.71. The van der Waals surface area contributed by atoms with Crippen molar-refractivity contribution in [2.75, 3.05) is 40.6 Å². The molecule has 27 heavy (non-hydrogen) atoms. The molecule has 3 aromatic rings. The molecule has 3 rings (SSSR count). The normalized spacial score (nSPS) is 11.1. The average molecular weight is 409 g/mol. The van der Waals surface area contributed by atoms with Gasteiger partial charge in [-0.25, -0.2) is 9.97 Å². The van der Waals surface area contributed by atoms with Crippen LogP contribution in [0.2, 0.25) is 0 Å². The predicted molar refractivity (Wildman–Crippen MR) is 103 cm³/mol. The molecular weight excluding hydrogens is 388 g/mol. The van der Waals surface area contributed by atoms with Crippen molar-refractivity contribution in [1.29, 1.82) is 0 Å². The Hall–Kier alpha value is -2.01. The van der Waals surface area contributed by atoms with Crippen molar-refractivity contribution in [2.24, 2.45) is 0 Å². The second kappa shape index (κ2) is 9.79. The lowest BCUT2D eigenvalue weighted by atomic mass is 10.2. The molecule has 0 aliphatic heterocycles. The van der Waals surface area contributed by atoms with Gasteiger partial charge in [0, 0.05) is 25.7 Å². The van der Waals surface area contributed by atoms with E-state index in [9.17, 15) is 0 Å². The molecule has 0 bridgehead atoms. The van der Waals surface area contributed by atoms with Crippen LogP contribution in [-0.2, 0) is 9.47 Å². The van der Waals surface area contributed by atoms with Crippen molar-refractivity contribution < 1.29 is 18.9 Å². The van der Waals surface area contributed by atoms with E-state index in [-0.39, 0.29) is 0 Å². The second-order valence-electron chi connectivity index (χ2n) is 5.37. The zero-order chi connectivity index (χ0) is 19.1. The highest BCUT2D eigenvalue weighted by Crippen LogP contribution is 2.38. The fourth-order valence-electron chi connectivity index (χ4n) is 2.22. The van der Waals surface area contributed by atoms with Crippen LogP contribution >= 0.6 is 23.1 Å². The minimum absolute atomic E-state index is 0.411. The van der Waals surface area contributed by atoms with Crippen LogP contribution in [-0.4, -0.2) is 60.8 Å². The number of aryl methyl sites for hydroxylation is 1. The molecule has 0 atom stereocenters. The van der Waals surface area contributed by atoms with Crippen LogP contribution in [0.1, 0.15) is 5.01 Å². The van der Waals surface area contributed by atoms with Crippen molar-refractivity contribution in [3.05, 3.63) is 23.5 Å². The highest BCUT2D eigenvalue weighted by Gasteiger charge is 2.14. The molecule has 144 valence electrons. The molecule has 10 heteroatoms. The molecule has 0 aliphatic carbocycles. The number of methoxy groups -OCH3 is 2. The van der Waals surface area contributed by atoms with Gasteiger partial charge in [-0.1, -0.05) is 11.3 Å². The fraction of sp³-hybridized carbons (Fsp3) is 0.412. The Balaban J connectivity index is 1.94. The van der Waals surface area contributed by atoms with Gasteiger partial charge in [0.1, 0.15) is 29.6 Å². The van der Waals surface area contributed by atoms with E-state index in [1.165, 1.54) is 29.4 Å². The number of hydrogen-bond donors (Lipinski definition) is 0. The average Bonchev–Trinajstić information content (AvgIpc) is 3.07. The van der Waals surface area contributed by atoms with Gasteiger partial charge in [0.2, 0.25) is 0 Å². The summed E-state index contributed by atoms with van der Waals surface area (Å²) in [7, 11) is 3.26. The molecule has 0 amide bonds. The first-order valence-corrected chi connectivity index (χ1v) is 9.84. The van der Waals surface area contributed by atoms with Crippen LogP contribution in [0.15, 0.2) is 27.8 Å². The quantitative estimate of drug-likeness (QED) is 0.371. The molecule has 0 radical (unpaired) electrons. The van der Waals surface area contributed by atoms with Crippen LogP contribution < -0.4 is 9.47 Å². The van der Waals surface area contributed by atoms with E-state index >= 15 is 0 Å². The van der Waals surface area contributed by atoms with E-state index in [1.807, 2.05) is 19.1 Å². The summed E-state index contributed by atoms with van der Waals surface area (Å²) in [5.41, 5.74) is 0.764. The van der Waals surface area contributed by atoms with E-state index in [2.05, 4.69) is 20.2 Å². The van der Waals surface area contributed by atoms with E-state index in [4.69, 9.17) is 18.9 Å². The smallest absolute Gasteiger partial charge is 0.180 e. The van der Waals surface area contributed by atoms with Gasteiger partial charge in [-0.05, 0) is 24.8 Å². The number of nitrogens with zero attached hydrogens (tertiary/aromatic N) is 4. The lowest BCUT2D eigenvalue weighted by molar-refractivity contribution is 0.132. The van der Waals surface area contributed by atoms with Gasteiger partial charge >= 0.3 is 0 Å². The van der Waals surface area contributed by atoms with Gasteiger partial charge in [0.05, 0.1) is 18.7 Å². The third-order valence-corrected chi connectivity index (χ3v) is 5.35. The summed E-state index contributed by atoms with van der Waals surface area (Å²) >= 11 is 2.98. The molecule has 0 saturated heterocycles. The molecule has 0 N–H and O–H groups in total. The maximum atomic E-state index is 5.84.